The van der Waals surface area contributed by atoms with Crippen LogP contribution in [-0.2, 0) is 9.47 Å². The predicted molar refractivity (Wildman–Crippen MR) is 98.8 cm³/mol. The van der Waals surface area contributed by atoms with Crippen molar-refractivity contribution in [2.45, 2.75) is 6.29 Å². The normalized spacial score (nSPS) is 10.9. The third kappa shape index (κ3) is 4.02. The maximum Gasteiger partial charge on any atom is 0.334 e. The molecule has 0 radical (unpaired) electrons. The van der Waals surface area contributed by atoms with E-state index in [0.717, 1.165) is 6.07 Å². The quantitative estimate of drug-likeness (QED) is 0.272. The maximum absolute atomic E-state index is 14.6. The standard InChI is InChI=1S/C16H15F2IN2O5/c1-24-12-7-10(18)13(16(25-2)26-3)14(15(12)21(22)23)20-11-5-4-8(19)6-9(11)17/h4-7,16,20H,1-3H3. The van der Waals surface area contributed by atoms with Gasteiger partial charge in [0.2, 0.25) is 5.75 Å². The second-order valence-electron chi connectivity index (χ2n) is 5.01. The first kappa shape index (κ1) is 20.3. The van der Waals surface area contributed by atoms with E-state index in [-0.39, 0.29) is 22.7 Å². The summed E-state index contributed by atoms with van der Waals surface area (Å²) < 4.78 is 44.5. The molecular formula is C16H15F2IN2O5. The van der Waals surface area contributed by atoms with Gasteiger partial charge in [-0.3, -0.25) is 10.1 Å². The van der Waals surface area contributed by atoms with Crippen molar-refractivity contribution in [3.63, 3.8) is 0 Å². The van der Waals surface area contributed by atoms with E-state index in [9.17, 15) is 18.9 Å². The molecule has 0 heterocycles. The fraction of sp³-hybridized carbons (Fsp3) is 0.250. The number of benzene rings is 2. The van der Waals surface area contributed by atoms with Gasteiger partial charge in [-0.15, -0.1) is 0 Å². The highest BCUT2D eigenvalue weighted by Gasteiger charge is 2.32. The van der Waals surface area contributed by atoms with E-state index >= 15 is 0 Å². The zero-order valence-corrected chi connectivity index (χ0v) is 16.2. The van der Waals surface area contributed by atoms with E-state index in [0.29, 0.717) is 3.57 Å². The molecular weight excluding hydrogens is 465 g/mol. The second kappa shape index (κ2) is 8.56. The van der Waals surface area contributed by atoms with Crippen molar-refractivity contribution in [2.75, 3.05) is 26.6 Å². The lowest BCUT2D eigenvalue weighted by Gasteiger charge is -2.20. The number of hydrogen-bond acceptors (Lipinski definition) is 6. The van der Waals surface area contributed by atoms with Gasteiger partial charge in [-0.2, -0.15) is 0 Å². The number of anilines is 2. The van der Waals surface area contributed by atoms with Gasteiger partial charge < -0.3 is 19.5 Å². The molecule has 0 amide bonds. The molecule has 7 nitrogen and oxygen atoms in total. The molecule has 0 spiro atoms. The lowest BCUT2D eigenvalue weighted by molar-refractivity contribution is -0.385. The minimum atomic E-state index is -1.26. The summed E-state index contributed by atoms with van der Waals surface area (Å²) in [6.45, 7) is 0. The molecule has 0 aliphatic carbocycles. The maximum atomic E-state index is 14.6. The Balaban J connectivity index is 2.76. The number of nitro groups is 1. The van der Waals surface area contributed by atoms with Gasteiger partial charge in [0.05, 0.1) is 23.3 Å². The minimum absolute atomic E-state index is 0.0756. The number of nitrogens with one attached hydrogen (secondary N) is 1. The van der Waals surface area contributed by atoms with Crippen molar-refractivity contribution in [2.24, 2.45) is 0 Å². The molecule has 2 aromatic carbocycles. The number of ether oxygens (including phenoxy) is 3. The van der Waals surface area contributed by atoms with Crippen molar-refractivity contribution in [1.82, 2.24) is 0 Å². The van der Waals surface area contributed by atoms with Crippen molar-refractivity contribution in [3.8, 4) is 5.75 Å². The lowest BCUT2D eigenvalue weighted by atomic mass is 10.1. The van der Waals surface area contributed by atoms with Crippen LogP contribution < -0.4 is 10.1 Å². The van der Waals surface area contributed by atoms with E-state index < -0.39 is 28.5 Å². The summed E-state index contributed by atoms with van der Waals surface area (Å²) in [5, 5.41) is 14.2. The van der Waals surface area contributed by atoms with E-state index in [2.05, 4.69) is 5.32 Å². The van der Waals surface area contributed by atoms with Crippen molar-refractivity contribution in [3.05, 3.63) is 55.1 Å². The summed E-state index contributed by atoms with van der Waals surface area (Å²) in [6.07, 6.45) is -1.26. The Morgan fingerprint density at radius 3 is 2.31 bits per heavy atom. The Morgan fingerprint density at radius 2 is 1.81 bits per heavy atom. The van der Waals surface area contributed by atoms with Crippen LogP contribution in [0, 0.1) is 25.3 Å². The number of methoxy groups -OCH3 is 3. The molecule has 0 saturated heterocycles. The zero-order chi connectivity index (χ0) is 19.4. The third-order valence-electron chi connectivity index (χ3n) is 3.51. The SMILES string of the molecule is COc1cc(F)c(C(OC)OC)c(Nc2ccc(I)cc2F)c1[N+](=O)[O-]. The van der Waals surface area contributed by atoms with Crippen LogP contribution in [0.1, 0.15) is 11.9 Å². The molecule has 0 unspecified atom stereocenters. The molecule has 10 heteroatoms. The van der Waals surface area contributed by atoms with E-state index in [4.69, 9.17) is 14.2 Å². The van der Waals surface area contributed by atoms with Crippen LogP contribution in [-0.4, -0.2) is 26.3 Å². The molecule has 2 aromatic rings. The van der Waals surface area contributed by atoms with Gasteiger partial charge >= 0.3 is 5.69 Å². The van der Waals surface area contributed by atoms with Gasteiger partial charge in [-0.1, -0.05) is 0 Å². The van der Waals surface area contributed by atoms with Gasteiger partial charge in [0.15, 0.2) is 6.29 Å². The highest BCUT2D eigenvalue weighted by molar-refractivity contribution is 14.1. The molecule has 0 bridgehead atoms. The Hall–Kier alpha value is -2.05. The molecule has 0 aliphatic rings. The van der Waals surface area contributed by atoms with Gasteiger partial charge in [0.25, 0.3) is 0 Å². The summed E-state index contributed by atoms with van der Waals surface area (Å²) in [7, 11) is 3.67. The molecule has 0 saturated carbocycles. The van der Waals surface area contributed by atoms with Crippen LogP contribution in [0.15, 0.2) is 24.3 Å². The Bertz CT molecular complexity index is 831. The van der Waals surface area contributed by atoms with Crippen LogP contribution in [0.2, 0.25) is 0 Å². The Kier molecular flexibility index (Phi) is 6.67. The van der Waals surface area contributed by atoms with Gasteiger partial charge in [0.1, 0.15) is 17.3 Å². The van der Waals surface area contributed by atoms with Crippen LogP contribution in [0.3, 0.4) is 0 Å². The lowest BCUT2D eigenvalue weighted by Crippen LogP contribution is -2.13. The van der Waals surface area contributed by atoms with Crippen molar-refractivity contribution < 1.29 is 27.9 Å². The van der Waals surface area contributed by atoms with Gasteiger partial charge in [-0.05, 0) is 40.8 Å². The summed E-state index contributed by atoms with van der Waals surface area (Å²) >= 11 is 1.92. The second-order valence-corrected chi connectivity index (χ2v) is 6.25. The van der Waals surface area contributed by atoms with Crippen LogP contribution >= 0.6 is 22.6 Å². The largest absolute Gasteiger partial charge is 0.490 e. The molecule has 0 aromatic heterocycles. The molecule has 0 fully saturated rings. The van der Waals surface area contributed by atoms with Gasteiger partial charge in [-0.25, -0.2) is 8.78 Å². The minimum Gasteiger partial charge on any atom is -0.490 e. The Morgan fingerprint density at radius 1 is 1.15 bits per heavy atom. The summed E-state index contributed by atoms with van der Waals surface area (Å²) in [5.41, 5.74) is -1.24. The number of halogens is 3. The molecule has 0 aliphatic heterocycles. The topological polar surface area (TPSA) is 82.9 Å². The molecule has 26 heavy (non-hydrogen) atoms. The van der Waals surface area contributed by atoms with E-state index in [1.54, 1.807) is 6.07 Å². The van der Waals surface area contributed by atoms with Gasteiger partial charge in [0, 0.05) is 23.9 Å². The first-order valence-electron chi connectivity index (χ1n) is 7.16. The van der Waals surface area contributed by atoms with E-state index in [1.807, 2.05) is 22.6 Å². The monoisotopic (exact) mass is 480 g/mol. The summed E-state index contributed by atoms with van der Waals surface area (Å²) in [5.74, 6) is -1.85. The third-order valence-corrected chi connectivity index (χ3v) is 4.18. The van der Waals surface area contributed by atoms with Crippen LogP contribution in [0.25, 0.3) is 0 Å². The highest BCUT2D eigenvalue weighted by Crippen LogP contribution is 2.44. The molecule has 0 atom stereocenters. The average Bonchev–Trinajstić information content (AvgIpc) is 2.59. The van der Waals surface area contributed by atoms with E-state index in [1.165, 1.54) is 33.5 Å². The molecule has 1 N–H and O–H groups in total. The first-order chi connectivity index (χ1) is 12.3. The summed E-state index contributed by atoms with van der Waals surface area (Å²) in [6, 6.07) is 5.07. The fourth-order valence-electron chi connectivity index (χ4n) is 2.38. The van der Waals surface area contributed by atoms with Crippen molar-refractivity contribution in [1.29, 1.82) is 0 Å². The van der Waals surface area contributed by atoms with Crippen LogP contribution in [0.4, 0.5) is 25.8 Å². The molecule has 2 rings (SSSR count). The smallest absolute Gasteiger partial charge is 0.334 e. The average molecular weight is 480 g/mol. The fourth-order valence-corrected chi connectivity index (χ4v) is 2.84. The number of hydrogen-bond donors (Lipinski definition) is 1. The van der Waals surface area contributed by atoms with Crippen molar-refractivity contribution >= 4 is 39.7 Å². The predicted octanol–water partition coefficient (Wildman–Crippen LogP) is 4.52. The van der Waals surface area contributed by atoms with Crippen LogP contribution in [0.5, 0.6) is 5.75 Å². The summed E-state index contributed by atoms with van der Waals surface area (Å²) in [4.78, 5) is 10.8. The first-order valence-corrected chi connectivity index (χ1v) is 8.24. The molecule has 140 valence electrons. The number of nitro benzene ring substituents is 1. The number of nitrogens with zero attached hydrogens (tertiary/aromatic N) is 1. The number of rotatable bonds is 7. The highest BCUT2D eigenvalue weighted by atomic mass is 127. The zero-order valence-electron chi connectivity index (χ0n) is 14.0. The Labute approximate surface area is 161 Å².